The highest BCUT2D eigenvalue weighted by Gasteiger charge is 2.25. The van der Waals surface area contributed by atoms with E-state index in [4.69, 9.17) is 17.3 Å². The maximum absolute atomic E-state index is 12.9. The summed E-state index contributed by atoms with van der Waals surface area (Å²) in [7, 11) is 0. The number of alkyl halides is 2. The van der Waals surface area contributed by atoms with Gasteiger partial charge in [0.25, 0.3) is 6.43 Å². The molecule has 0 fully saturated rings. The van der Waals surface area contributed by atoms with Gasteiger partial charge in [-0.1, -0.05) is 11.6 Å². The van der Waals surface area contributed by atoms with Gasteiger partial charge >= 0.3 is 5.97 Å². The molecule has 0 radical (unpaired) electrons. The standard InChI is InChI=1S/C10H11ClF2N2O2/c1-2-17-10(16)8-7(9(12)13)5(4-14)3-6(11)15-8/h3,9H,2,4,14H2,1H3. The van der Waals surface area contributed by atoms with Gasteiger partial charge in [0, 0.05) is 6.54 Å². The molecule has 0 aliphatic heterocycles. The third kappa shape index (κ3) is 3.10. The molecule has 0 saturated carbocycles. The highest BCUT2D eigenvalue weighted by Crippen LogP contribution is 2.28. The van der Waals surface area contributed by atoms with Crippen LogP contribution in [0.1, 0.15) is 35.0 Å². The van der Waals surface area contributed by atoms with Crippen molar-refractivity contribution >= 4 is 17.6 Å². The molecule has 0 bridgehead atoms. The molecule has 1 aromatic heterocycles. The molecule has 0 aliphatic rings. The Labute approximate surface area is 102 Å². The van der Waals surface area contributed by atoms with E-state index in [9.17, 15) is 13.6 Å². The lowest BCUT2D eigenvalue weighted by molar-refractivity contribution is 0.0507. The van der Waals surface area contributed by atoms with Gasteiger partial charge in [0.05, 0.1) is 12.2 Å². The van der Waals surface area contributed by atoms with Crippen molar-refractivity contribution in [3.8, 4) is 0 Å². The van der Waals surface area contributed by atoms with Gasteiger partial charge in [0.15, 0.2) is 5.69 Å². The summed E-state index contributed by atoms with van der Waals surface area (Å²) < 4.78 is 30.4. The molecule has 1 aromatic rings. The summed E-state index contributed by atoms with van der Waals surface area (Å²) in [5.74, 6) is -0.931. The Morgan fingerprint density at radius 1 is 1.65 bits per heavy atom. The van der Waals surface area contributed by atoms with Crippen molar-refractivity contribution in [1.82, 2.24) is 4.98 Å². The highest BCUT2D eigenvalue weighted by molar-refractivity contribution is 6.29. The van der Waals surface area contributed by atoms with E-state index in [1.165, 1.54) is 6.07 Å². The van der Waals surface area contributed by atoms with Gasteiger partial charge in [-0.3, -0.25) is 0 Å². The predicted octanol–water partition coefficient (Wildman–Crippen LogP) is 2.31. The van der Waals surface area contributed by atoms with Crippen LogP contribution in [0.4, 0.5) is 8.78 Å². The molecule has 17 heavy (non-hydrogen) atoms. The van der Waals surface area contributed by atoms with Gasteiger partial charge in [-0.05, 0) is 18.6 Å². The zero-order chi connectivity index (χ0) is 13.0. The fourth-order valence-electron chi connectivity index (χ4n) is 1.34. The monoisotopic (exact) mass is 264 g/mol. The molecule has 0 saturated heterocycles. The number of ether oxygens (including phenoxy) is 1. The lowest BCUT2D eigenvalue weighted by atomic mass is 10.1. The van der Waals surface area contributed by atoms with Crippen LogP contribution in [0.2, 0.25) is 5.15 Å². The van der Waals surface area contributed by atoms with Crippen molar-refractivity contribution in [3.63, 3.8) is 0 Å². The third-order valence-corrected chi connectivity index (χ3v) is 2.21. The molecule has 1 heterocycles. The fourth-order valence-corrected chi connectivity index (χ4v) is 1.56. The zero-order valence-electron chi connectivity index (χ0n) is 9.04. The molecular formula is C10H11ClF2N2O2. The predicted molar refractivity (Wildman–Crippen MR) is 58.1 cm³/mol. The van der Waals surface area contributed by atoms with Crippen LogP contribution in [0.15, 0.2) is 6.07 Å². The molecule has 0 unspecified atom stereocenters. The quantitative estimate of drug-likeness (QED) is 0.669. The van der Waals surface area contributed by atoms with Gasteiger partial charge in [0.1, 0.15) is 5.15 Å². The Kier molecular flexibility index (Phi) is 4.77. The lowest BCUT2D eigenvalue weighted by Gasteiger charge is -2.12. The van der Waals surface area contributed by atoms with Gasteiger partial charge in [0.2, 0.25) is 0 Å². The Balaban J connectivity index is 3.35. The minimum Gasteiger partial charge on any atom is -0.461 e. The van der Waals surface area contributed by atoms with Crippen LogP contribution < -0.4 is 5.73 Å². The summed E-state index contributed by atoms with van der Waals surface area (Å²) in [6.45, 7) is 1.47. The van der Waals surface area contributed by atoms with Gasteiger partial charge in [-0.25, -0.2) is 18.6 Å². The van der Waals surface area contributed by atoms with Crippen molar-refractivity contribution in [2.75, 3.05) is 6.61 Å². The van der Waals surface area contributed by atoms with E-state index in [0.717, 1.165) is 0 Å². The van der Waals surface area contributed by atoms with Crippen LogP contribution in [0, 0.1) is 0 Å². The first kappa shape index (κ1) is 13.8. The minimum atomic E-state index is -2.86. The number of hydrogen-bond acceptors (Lipinski definition) is 4. The molecule has 0 atom stereocenters. The SMILES string of the molecule is CCOC(=O)c1nc(Cl)cc(CN)c1C(F)F. The first-order chi connectivity index (χ1) is 8.01. The van der Waals surface area contributed by atoms with Crippen LogP contribution in [0.5, 0.6) is 0 Å². The average Bonchev–Trinajstić information content (AvgIpc) is 2.27. The normalized spacial score (nSPS) is 10.7. The second-order valence-corrected chi connectivity index (χ2v) is 3.48. The Morgan fingerprint density at radius 3 is 2.76 bits per heavy atom. The largest absolute Gasteiger partial charge is 0.461 e. The molecule has 0 aliphatic carbocycles. The van der Waals surface area contributed by atoms with Crippen molar-refractivity contribution in [1.29, 1.82) is 0 Å². The number of pyridine rings is 1. The first-order valence-corrected chi connectivity index (χ1v) is 5.23. The van der Waals surface area contributed by atoms with Crippen molar-refractivity contribution in [2.45, 2.75) is 19.9 Å². The number of hydrogen-bond donors (Lipinski definition) is 1. The number of nitrogens with zero attached hydrogens (tertiary/aromatic N) is 1. The Morgan fingerprint density at radius 2 is 2.29 bits per heavy atom. The van der Waals surface area contributed by atoms with E-state index < -0.39 is 23.7 Å². The van der Waals surface area contributed by atoms with Crippen LogP contribution in [0.3, 0.4) is 0 Å². The summed E-state index contributed by atoms with van der Waals surface area (Å²) in [5.41, 5.74) is 4.42. The van der Waals surface area contributed by atoms with Crippen molar-refractivity contribution in [2.24, 2.45) is 5.73 Å². The first-order valence-electron chi connectivity index (χ1n) is 4.85. The molecule has 4 nitrogen and oxygen atoms in total. The Hall–Kier alpha value is -1.27. The molecule has 0 spiro atoms. The molecular weight excluding hydrogens is 254 g/mol. The fraction of sp³-hybridized carbons (Fsp3) is 0.400. The molecule has 94 valence electrons. The molecule has 2 N–H and O–H groups in total. The van der Waals surface area contributed by atoms with Crippen LogP contribution in [-0.4, -0.2) is 17.6 Å². The number of carbonyl (C=O) groups excluding carboxylic acids is 1. The van der Waals surface area contributed by atoms with Crippen molar-refractivity contribution in [3.05, 3.63) is 28.0 Å². The highest BCUT2D eigenvalue weighted by atomic mass is 35.5. The van der Waals surface area contributed by atoms with Gasteiger partial charge < -0.3 is 10.5 Å². The zero-order valence-corrected chi connectivity index (χ0v) is 9.80. The Bertz CT molecular complexity index is 427. The van der Waals surface area contributed by atoms with E-state index in [0.29, 0.717) is 0 Å². The van der Waals surface area contributed by atoms with E-state index in [1.807, 2.05) is 0 Å². The maximum atomic E-state index is 12.9. The van der Waals surface area contributed by atoms with E-state index in [1.54, 1.807) is 6.92 Å². The summed E-state index contributed by atoms with van der Waals surface area (Å²) in [6, 6.07) is 1.21. The molecule has 0 aromatic carbocycles. The van der Waals surface area contributed by atoms with Crippen LogP contribution in [0.25, 0.3) is 0 Å². The average molecular weight is 265 g/mol. The smallest absolute Gasteiger partial charge is 0.357 e. The summed E-state index contributed by atoms with van der Waals surface area (Å²) in [5, 5.41) is -0.0714. The van der Waals surface area contributed by atoms with Crippen molar-refractivity contribution < 1.29 is 18.3 Å². The minimum absolute atomic E-state index is 0.0632. The summed E-state index contributed by atoms with van der Waals surface area (Å²) in [4.78, 5) is 15.0. The topological polar surface area (TPSA) is 65.2 Å². The number of nitrogens with two attached hydrogens (primary N) is 1. The second kappa shape index (κ2) is 5.88. The van der Waals surface area contributed by atoms with Crippen LogP contribution in [-0.2, 0) is 11.3 Å². The number of esters is 1. The molecule has 0 amide bonds. The number of halogens is 3. The van der Waals surface area contributed by atoms with Gasteiger partial charge in [-0.2, -0.15) is 0 Å². The molecule has 1 rings (SSSR count). The molecule has 7 heteroatoms. The maximum Gasteiger partial charge on any atom is 0.357 e. The lowest BCUT2D eigenvalue weighted by Crippen LogP contribution is -2.15. The number of aromatic nitrogens is 1. The number of rotatable bonds is 4. The summed E-state index contributed by atoms with van der Waals surface area (Å²) in [6.07, 6.45) is -2.86. The third-order valence-electron chi connectivity index (χ3n) is 2.02. The second-order valence-electron chi connectivity index (χ2n) is 3.09. The summed E-state index contributed by atoms with van der Waals surface area (Å²) >= 11 is 5.63. The van der Waals surface area contributed by atoms with Crippen LogP contribution >= 0.6 is 11.6 Å². The van der Waals surface area contributed by atoms with Gasteiger partial charge in [-0.15, -0.1) is 0 Å². The number of carbonyl (C=O) groups is 1. The van der Waals surface area contributed by atoms with E-state index in [2.05, 4.69) is 9.72 Å². The van der Waals surface area contributed by atoms with E-state index >= 15 is 0 Å². The van der Waals surface area contributed by atoms with E-state index in [-0.39, 0.29) is 23.9 Å².